The zero-order chi connectivity index (χ0) is 21.3. The number of nitrogens with zero attached hydrogens (tertiary/aromatic N) is 1. The second-order valence-corrected chi connectivity index (χ2v) is 7.38. The minimum Gasteiger partial charge on any atom is -0.508 e. The molecule has 2 amide bonds. The van der Waals surface area contributed by atoms with Gasteiger partial charge in [0.1, 0.15) is 29.1 Å². The number of halogens is 1. The average Bonchev–Trinajstić information content (AvgIpc) is 3.17. The fourth-order valence-corrected chi connectivity index (χ4v) is 3.07. The van der Waals surface area contributed by atoms with Crippen LogP contribution in [0.1, 0.15) is 11.1 Å². The maximum atomic E-state index is 12.7. The number of benzene rings is 1. The zero-order valence-corrected chi connectivity index (χ0v) is 17.5. The van der Waals surface area contributed by atoms with E-state index in [0.717, 1.165) is 11.1 Å². The molecule has 0 fully saturated rings. The van der Waals surface area contributed by atoms with Gasteiger partial charge in [-0.05, 0) is 45.8 Å². The number of ether oxygens (including phenoxy) is 1. The summed E-state index contributed by atoms with van der Waals surface area (Å²) in [4.78, 5) is 34.2. The molecule has 1 aromatic heterocycles. The average molecular weight is 477 g/mol. The van der Waals surface area contributed by atoms with Crippen LogP contribution < -0.4 is 16.1 Å². The number of phenols is 1. The standard InChI is InChI=1S/C20H21BrN4O5/c21-18-9-16(30-25-18)11-23-19(27)17(8-13-3-5-15(26)6-4-13)24-20(28)29-12-14-2-1-7-22-10-14/h1-7,9-10,16-17,25-26H,8,11-12H2,(H,23,27)(H,24,28). The van der Waals surface area contributed by atoms with Gasteiger partial charge >= 0.3 is 6.09 Å². The highest BCUT2D eigenvalue weighted by Gasteiger charge is 2.24. The lowest BCUT2D eigenvalue weighted by atomic mass is 10.1. The van der Waals surface area contributed by atoms with E-state index in [1.165, 1.54) is 12.1 Å². The van der Waals surface area contributed by atoms with Crippen LogP contribution in [0.2, 0.25) is 0 Å². The van der Waals surface area contributed by atoms with Crippen LogP contribution in [-0.2, 0) is 27.4 Å². The Morgan fingerprint density at radius 3 is 2.73 bits per heavy atom. The topological polar surface area (TPSA) is 122 Å². The largest absolute Gasteiger partial charge is 0.508 e. The van der Waals surface area contributed by atoms with Crippen molar-refractivity contribution >= 4 is 27.9 Å². The highest BCUT2D eigenvalue weighted by molar-refractivity contribution is 9.11. The Labute approximate surface area is 181 Å². The summed E-state index contributed by atoms with van der Waals surface area (Å²) in [7, 11) is 0. The number of amides is 2. The van der Waals surface area contributed by atoms with Crippen molar-refractivity contribution in [3.63, 3.8) is 0 Å². The van der Waals surface area contributed by atoms with Crippen LogP contribution in [0.15, 0.2) is 59.5 Å². The number of aromatic hydroxyl groups is 1. The van der Waals surface area contributed by atoms with Crippen LogP contribution in [0.25, 0.3) is 0 Å². The molecule has 9 nitrogen and oxygen atoms in total. The monoisotopic (exact) mass is 476 g/mol. The Morgan fingerprint density at radius 1 is 1.27 bits per heavy atom. The van der Waals surface area contributed by atoms with Crippen LogP contribution in [0.5, 0.6) is 5.75 Å². The normalized spacial score (nSPS) is 16.2. The van der Waals surface area contributed by atoms with Crippen LogP contribution in [0.4, 0.5) is 4.79 Å². The van der Waals surface area contributed by atoms with Crippen molar-refractivity contribution in [1.29, 1.82) is 0 Å². The summed E-state index contributed by atoms with van der Waals surface area (Å²) in [5.41, 5.74) is 4.14. The molecule has 2 atom stereocenters. The lowest BCUT2D eigenvalue weighted by Crippen LogP contribution is -2.49. The summed E-state index contributed by atoms with van der Waals surface area (Å²) in [5, 5.41) is 14.8. The molecule has 30 heavy (non-hydrogen) atoms. The maximum absolute atomic E-state index is 12.7. The van der Waals surface area contributed by atoms with Gasteiger partial charge in [0.2, 0.25) is 5.91 Å². The summed E-state index contributed by atoms with van der Waals surface area (Å²) in [6.07, 6.45) is 4.14. The number of carbonyl (C=O) groups is 2. The first-order chi connectivity index (χ1) is 14.5. The molecule has 0 radical (unpaired) electrons. The van der Waals surface area contributed by atoms with Crippen molar-refractivity contribution in [3.05, 3.63) is 70.6 Å². The van der Waals surface area contributed by atoms with Crippen molar-refractivity contribution in [2.45, 2.75) is 25.2 Å². The van der Waals surface area contributed by atoms with Crippen LogP contribution in [0, 0.1) is 0 Å². The number of phenolic OH excluding ortho intramolecular Hbond substituents is 1. The smallest absolute Gasteiger partial charge is 0.408 e. The Balaban J connectivity index is 1.59. The first-order valence-electron chi connectivity index (χ1n) is 9.16. The van der Waals surface area contributed by atoms with E-state index in [4.69, 9.17) is 9.57 Å². The molecule has 1 aromatic carbocycles. The molecule has 1 aliphatic rings. The number of hydrogen-bond acceptors (Lipinski definition) is 7. The zero-order valence-electron chi connectivity index (χ0n) is 15.9. The van der Waals surface area contributed by atoms with Crippen LogP contribution in [-0.4, -0.2) is 40.8 Å². The maximum Gasteiger partial charge on any atom is 0.408 e. The first-order valence-corrected chi connectivity index (χ1v) is 9.95. The molecule has 3 rings (SSSR count). The number of alkyl carbamates (subject to hydrolysis) is 1. The molecule has 2 heterocycles. The number of pyridine rings is 1. The van der Waals surface area contributed by atoms with E-state index in [2.05, 4.69) is 37.0 Å². The van der Waals surface area contributed by atoms with Gasteiger partial charge in [-0.1, -0.05) is 18.2 Å². The fraction of sp³-hybridized carbons (Fsp3) is 0.250. The van der Waals surface area contributed by atoms with Gasteiger partial charge in [0.25, 0.3) is 0 Å². The molecule has 0 spiro atoms. The van der Waals surface area contributed by atoms with Gasteiger partial charge in [-0.15, -0.1) is 0 Å². The number of nitrogens with one attached hydrogen (secondary N) is 3. The van der Waals surface area contributed by atoms with E-state index >= 15 is 0 Å². The Kier molecular flexibility index (Phi) is 7.63. The van der Waals surface area contributed by atoms with Gasteiger partial charge in [-0.25, -0.2) is 4.79 Å². The van der Waals surface area contributed by atoms with Gasteiger partial charge < -0.3 is 20.5 Å². The van der Waals surface area contributed by atoms with E-state index in [0.29, 0.717) is 4.61 Å². The van der Waals surface area contributed by atoms with Crippen molar-refractivity contribution in [2.75, 3.05) is 6.54 Å². The fourth-order valence-electron chi connectivity index (χ4n) is 2.68. The van der Waals surface area contributed by atoms with Crippen molar-refractivity contribution < 1.29 is 24.3 Å². The second-order valence-electron chi connectivity index (χ2n) is 6.52. The number of hydrogen-bond donors (Lipinski definition) is 4. The van der Waals surface area contributed by atoms with Crippen molar-refractivity contribution in [2.24, 2.45) is 0 Å². The predicted octanol–water partition coefficient (Wildman–Crippen LogP) is 1.88. The summed E-state index contributed by atoms with van der Waals surface area (Å²) < 4.78 is 5.88. The van der Waals surface area contributed by atoms with Gasteiger partial charge in [-0.2, -0.15) is 0 Å². The van der Waals surface area contributed by atoms with E-state index in [-0.39, 0.29) is 37.3 Å². The van der Waals surface area contributed by atoms with E-state index in [1.54, 1.807) is 42.7 Å². The molecule has 2 unspecified atom stereocenters. The Bertz CT molecular complexity index is 892. The van der Waals surface area contributed by atoms with E-state index < -0.39 is 12.1 Å². The van der Waals surface area contributed by atoms with Crippen molar-refractivity contribution in [3.8, 4) is 5.75 Å². The number of aromatic nitrogens is 1. The molecule has 158 valence electrons. The third-order valence-electron chi connectivity index (χ3n) is 4.19. The highest BCUT2D eigenvalue weighted by Crippen LogP contribution is 2.13. The Morgan fingerprint density at radius 2 is 2.07 bits per heavy atom. The number of rotatable bonds is 8. The molecule has 0 bridgehead atoms. The lowest BCUT2D eigenvalue weighted by Gasteiger charge is -2.19. The number of hydroxylamine groups is 1. The number of carbonyl (C=O) groups excluding carboxylic acids is 2. The lowest BCUT2D eigenvalue weighted by molar-refractivity contribution is -0.123. The van der Waals surface area contributed by atoms with Gasteiger partial charge in [0.05, 0.1) is 6.54 Å². The summed E-state index contributed by atoms with van der Waals surface area (Å²) >= 11 is 3.25. The van der Waals surface area contributed by atoms with Crippen LogP contribution in [0.3, 0.4) is 0 Å². The van der Waals surface area contributed by atoms with Gasteiger partial charge in [0, 0.05) is 24.4 Å². The third kappa shape index (κ3) is 6.75. The predicted molar refractivity (Wildman–Crippen MR) is 111 cm³/mol. The molecule has 10 heteroatoms. The molecular weight excluding hydrogens is 456 g/mol. The molecule has 0 saturated heterocycles. The molecule has 0 saturated carbocycles. The first kappa shape index (κ1) is 21.6. The summed E-state index contributed by atoms with van der Waals surface area (Å²) in [5.74, 6) is -0.270. The molecule has 0 aliphatic carbocycles. The van der Waals surface area contributed by atoms with Gasteiger partial charge in [0.15, 0.2) is 0 Å². The Hall–Kier alpha value is -3.11. The minimum absolute atomic E-state index is 0.0353. The molecule has 4 N–H and O–H groups in total. The van der Waals surface area contributed by atoms with E-state index in [9.17, 15) is 14.7 Å². The third-order valence-corrected chi connectivity index (χ3v) is 4.62. The SMILES string of the molecule is O=C(NC(Cc1ccc(O)cc1)C(=O)NCC1C=C(Br)NO1)OCc1cccnc1. The van der Waals surface area contributed by atoms with Gasteiger partial charge in [-0.3, -0.25) is 20.1 Å². The second kappa shape index (κ2) is 10.6. The van der Waals surface area contributed by atoms with Crippen molar-refractivity contribution in [1.82, 2.24) is 21.1 Å². The summed E-state index contributed by atoms with van der Waals surface area (Å²) in [6.45, 7) is 0.257. The molecule has 1 aliphatic heterocycles. The van der Waals surface area contributed by atoms with E-state index in [1.807, 2.05) is 0 Å². The molecule has 2 aromatic rings. The summed E-state index contributed by atoms with van der Waals surface area (Å²) in [6, 6.07) is 9.05. The molecular formula is C20H21BrN4O5. The minimum atomic E-state index is -0.877. The quantitative estimate of drug-likeness (QED) is 0.429. The van der Waals surface area contributed by atoms with Crippen LogP contribution >= 0.6 is 15.9 Å². The highest BCUT2D eigenvalue weighted by atomic mass is 79.9.